The van der Waals surface area contributed by atoms with Crippen LogP contribution in [0.5, 0.6) is 0 Å². The Labute approximate surface area is 146 Å². The van der Waals surface area contributed by atoms with Gasteiger partial charge < -0.3 is 10.1 Å². The highest BCUT2D eigenvalue weighted by molar-refractivity contribution is 6.19. The maximum Gasteiger partial charge on any atom is 0.338 e. The fourth-order valence-corrected chi connectivity index (χ4v) is 2.65. The lowest BCUT2D eigenvalue weighted by Crippen LogP contribution is -2.35. The number of carbonyl (C=O) groups excluding carboxylic acids is 4. The molecule has 7 heteroatoms. The van der Waals surface area contributed by atoms with Crippen LogP contribution < -0.4 is 10.2 Å². The lowest BCUT2D eigenvalue weighted by Gasteiger charge is -2.14. The van der Waals surface area contributed by atoms with Crippen molar-refractivity contribution in [1.82, 2.24) is 5.32 Å². The lowest BCUT2D eigenvalue weighted by atomic mass is 10.2. The van der Waals surface area contributed by atoms with Crippen molar-refractivity contribution in [3.05, 3.63) is 29.8 Å². The van der Waals surface area contributed by atoms with Crippen molar-refractivity contribution in [1.29, 1.82) is 0 Å². The van der Waals surface area contributed by atoms with E-state index < -0.39 is 5.97 Å². The number of hydrogen-bond donors (Lipinski definition) is 1. The van der Waals surface area contributed by atoms with Crippen LogP contribution in [-0.2, 0) is 19.1 Å². The molecule has 25 heavy (non-hydrogen) atoms. The first-order chi connectivity index (χ1) is 11.9. The summed E-state index contributed by atoms with van der Waals surface area (Å²) < 4.78 is 4.98. The van der Waals surface area contributed by atoms with Crippen molar-refractivity contribution in [2.45, 2.75) is 45.6 Å². The second-order valence-corrected chi connectivity index (χ2v) is 6.00. The van der Waals surface area contributed by atoms with Gasteiger partial charge in [0, 0.05) is 18.9 Å². The molecule has 1 atom stereocenters. The van der Waals surface area contributed by atoms with Crippen molar-refractivity contribution in [2.24, 2.45) is 0 Å². The van der Waals surface area contributed by atoms with Crippen LogP contribution >= 0.6 is 0 Å². The molecule has 1 heterocycles. The number of amides is 3. The number of hydrogen-bond acceptors (Lipinski definition) is 5. The van der Waals surface area contributed by atoms with E-state index in [1.165, 1.54) is 24.3 Å². The van der Waals surface area contributed by atoms with Gasteiger partial charge >= 0.3 is 5.97 Å². The van der Waals surface area contributed by atoms with Gasteiger partial charge in [0.25, 0.3) is 5.91 Å². The first-order valence-electron chi connectivity index (χ1n) is 8.34. The van der Waals surface area contributed by atoms with E-state index in [9.17, 15) is 19.2 Å². The van der Waals surface area contributed by atoms with E-state index >= 15 is 0 Å². The van der Waals surface area contributed by atoms with Crippen molar-refractivity contribution in [2.75, 3.05) is 11.5 Å². The third kappa shape index (κ3) is 4.89. The van der Waals surface area contributed by atoms with E-state index in [0.717, 1.165) is 17.7 Å². The van der Waals surface area contributed by atoms with Crippen molar-refractivity contribution in [3.63, 3.8) is 0 Å². The second kappa shape index (κ2) is 8.41. The van der Waals surface area contributed by atoms with Crippen LogP contribution in [0, 0.1) is 0 Å². The van der Waals surface area contributed by atoms with Crippen LogP contribution in [0.4, 0.5) is 5.69 Å². The number of nitrogens with zero attached hydrogens (tertiary/aromatic N) is 1. The van der Waals surface area contributed by atoms with Gasteiger partial charge in [0.15, 0.2) is 6.61 Å². The third-order valence-electron chi connectivity index (χ3n) is 3.88. The van der Waals surface area contributed by atoms with E-state index in [4.69, 9.17) is 4.74 Å². The summed E-state index contributed by atoms with van der Waals surface area (Å²) in [6, 6.07) is 6.00. The molecule has 1 aromatic carbocycles. The molecule has 7 nitrogen and oxygen atoms in total. The zero-order valence-electron chi connectivity index (χ0n) is 14.4. The fraction of sp³-hybridized carbons (Fsp3) is 0.444. The third-order valence-corrected chi connectivity index (χ3v) is 3.88. The Morgan fingerprint density at radius 1 is 1.16 bits per heavy atom. The standard InChI is InChI=1S/C18H22N2O5/c1-3-4-12(2)19-15(21)11-25-18(24)13-5-7-14(8-6-13)20-16(22)9-10-17(20)23/h5-8,12H,3-4,9-11H2,1-2H3,(H,19,21)/t12-/m0/s1. The average molecular weight is 346 g/mol. The van der Waals surface area contributed by atoms with Crippen LogP contribution in [0.15, 0.2) is 24.3 Å². The molecule has 2 rings (SSSR count). The number of imide groups is 1. The normalized spacial score (nSPS) is 15.2. The monoisotopic (exact) mass is 346 g/mol. The fourth-order valence-electron chi connectivity index (χ4n) is 2.65. The molecule has 0 bridgehead atoms. The predicted molar refractivity (Wildman–Crippen MR) is 91.0 cm³/mol. The van der Waals surface area contributed by atoms with E-state index in [1.54, 1.807) is 0 Å². The number of carbonyl (C=O) groups is 4. The van der Waals surface area contributed by atoms with E-state index in [1.807, 2.05) is 13.8 Å². The molecule has 1 fully saturated rings. The van der Waals surface area contributed by atoms with E-state index in [2.05, 4.69) is 5.32 Å². The van der Waals surface area contributed by atoms with Crippen molar-refractivity contribution in [3.8, 4) is 0 Å². The number of esters is 1. The van der Waals surface area contributed by atoms with Gasteiger partial charge in [0.05, 0.1) is 11.3 Å². The summed E-state index contributed by atoms with van der Waals surface area (Å²) in [5.41, 5.74) is 0.674. The lowest BCUT2D eigenvalue weighted by molar-refractivity contribution is -0.125. The molecule has 1 aliphatic rings. The van der Waals surface area contributed by atoms with Crippen LogP contribution in [0.25, 0.3) is 0 Å². The highest BCUT2D eigenvalue weighted by atomic mass is 16.5. The van der Waals surface area contributed by atoms with E-state index in [0.29, 0.717) is 5.69 Å². The zero-order valence-corrected chi connectivity index (χ0v) is 14.4. The minimum absolute atomic E-state index is 0.0334. The Hall–Kier alpha value is -2.70. The molecule has 1 saturated heterocycles. The van der Waals surface area contributed by atoms with Crippen molar-refractivity contribution < 1.29 is 23.9 Å². The Morgan fingerprint density at radius 2 is 1.76 bits per heavy atom. The second-order valence-electron chi connectivity index (χ2n) is 6.00. The molecular weight excluding hydrogens is 324 g/mol. The molecule has 1 aliphatic heterocycles. The number of anilines is 1. The smallest absolute Gasteiger partial charge is 0.338 e. The topological polar surface area (TPSA) is 92.8 Å². The predicted octanol–water partition coefficient (Wildman–Crippen LogP) is 1.80. The molecule has 0 radical (unpaired) electrons. The number of rotatable bonds is 7. The molecule has 134 valence electrons. The Bertz CT molecular complexity index is 653. The molecule has 1 aromatic rings. The van der Waals surface area contributed by atoms with Gasteiger partial charge in [-0.05, 0) is 37.6 Å². The van der Waals surface area contributed by atoms with Crippen LogP contribution in [0.3, 0.4) is 0 Å². The van der Waals surface area contributed by atoms with Gasteiger partial charge in [-0.25, -0.2) is 4.79 Å². The minimum atomic E-state index is -0.635. The van der Waals surface area contributed by atoms with Gasteiger partial charge in [-0.15, -0.1) is 0 Å². The SMILES string of the molecule is CCC[C@H](C)NC(=O)COC(=O)c1ccc(N2C(=O)CCC2=O)cc1. The summed E-state index contributed by atoms with van der Waals surface area (Å²) >= 11 is 0. The molecule has 0 aliphatic carbocycles. The summed E-state index contributed by atoms with van der Waals surface area (Å²) in [4.78, 5) is 48.1. The Balaban J connectivity index is 1.89. The molecular formula is C18H22N2O5. The summed E-state index contributed by atoms with van der Waals surface area (Å²) in [7, 11) is 0. The largest absolute Gasteiger partial charge is 0.452 e. The number of nitrogens with one attached hydrogen (secondary N) is 1. The van der Waals surface area contributed by atoms with Gasteiger partial charge in [0.1, 0.15) is 0 Å². The van der Waals surface area contributed by atoms with Crippen LogP contribution in [0.1, 0.15) is 49.9 Å². The molecule has 0 unspecified atom stereocenters. The molecule has 0 saturated carbocycles. The zero-order chi connectivity index (χ0) is 18.4. The van der Waals surface area contributed by atoms with Gasteiger partial charge in [0.2, 0.25) is 11.8 Å². The maximum absolute atomic E-state index is 12.0. The van der Waals surface area contributed by atoms with Gasteiger partial charge in [-0.1, -0.05) is 13.3 Å². The highest BCUT2D eigenvalue weighted by Crippen LogP contribution is 2.22. The molecule has 1 N–H and O–H groups in total. The average Bonchev–Trinajstić information content (AvgIpc) is 2.91. The Morgan fingerprint density at radius 3 is 2.32 bits per heavy atom. The quantitative estimate of drug-likeness (QED) is 0.600. The highest BCUT2D eigenvalue weighted by Gasteiger charge is 2.30. The summed E-state index contributed by atoms with van der Waals surface area (Å²) in [6.45, 7) is 3.57. The van der Waals surface area contributed by atoms with Crippen LogP contribution in [-0.4, -0.2) is 36.3 Å². The molecule has 0 spiro atoms. The summed E-state index contributed by atoms with van der Waals surface area (Å²) in [5.74, 6) is -1.49. The Kier molecular flexibility index (Phi) is 6.27. The summed E-state index contributed by atoms with van der Waals surface area (Å²) in [6.07, 6.45) is 2.22. The van der Waals surface area contributed by atoms with E-state index in [-0.39, 0.29) is 48.8 Å². The van der Waals surface area contributed by atoms with Gasteiger partial charge in [-0.3, -0.25) is 19.3 Å². The van der Waals surface area contributed by atoms with Crippen molar-refractivity contribution >= 4 is 29.4 Å². The summed E-state index contributed by atoms with van der Waals surface area (Å²) in [5, 5.41) is 2.75. The maximum atomic E-state index is 12.0. The minimum Gasteiger partial charge on any atom is -0.452 e. The molecule has 0 aromatic heterocycles. The first kappa shape index (κ1) is 18.6. The first-order valence-corrected chi connectivity index (χ1v) is 8.34. The number of benzene rings is 1. The molecule has 3 amide bonds. The van der Waals surface area contributed by atoms with Gasteiger partial charge in [-0.2, -0.15) is 0 Å². The number of ether oxygens (including phenoxy) is 1. The van der Waals surface area contributed by atoms with Crippen LogP contribution in [0.2, 0.25) is 0 Å².